The summed E-state index contributed by atoms with van der Waals surface area (Å²) >= 11 is 0. The monoisotopic (exact) mass is 320 g/mol. The number of amides is 1. The van der Waals surface area contributed by atoms with Gasteiger partial charge in [0, 0.05) is 19.7 Å². The van der Waals surface area contributed by atoms with Crippen molar-refractivity contribution >= 4 is 21.7 Å². The fraction of sp³-hybridized carbons (Fsp3) is 0.833. The van der Waals surface area contributed by atoms with Crippen molar-refractivity contribution in [3.8, 4) is 0 Å². The zero-order valence-electron chi connectivity index (χ0n) is 11.8. The molecule has 0 spiro atoms. The summed E-state index contributed by atoms with van der Waals surface area (Å²) in [6.45, 7) is 0.0473. The van der Waals surface area contributed by atoms with Crippen molar-refractivity contribution in [1.29, 1.82) is 0 Å². The van der Waals surface area contributed by atoms with Crippen LogP contribution in [0.2, 0.25) is 0 Å². The quantitative estimate of drug-likeness (QED) is 0.631. The topological polar surface area (TPSA) is 113 Å². The molecule has 2 aliphatic rings. The molecule has 2 rings (SSSR count). The van der Waals surface area contributed by atoms with Crippen molar-refractivity contribution in [2.75, 3.05) is 31.7 Å². The van der Waals surface area contributed by atoms with Crippen LogP contribution < -0.4 is 5.32 Å². The van der Waals surface area contributed by atoms with Crippen LogP contribution in [0.4, 0.5) is 0 Å². The molecule has 3 atom stereocenters. The van der Waals surface area contributed by atoms with E-state index < -0.39 is 34.4 Å². The molecule has 1 amide bonds. The predicted molar refractivity (Wildman–Crippen MR) is 73.6 cm³/mol. The third kappa shape index (κ3) is 3.92. The first-order valence-electron chi connectivity index (χ1n) is 6.81. The highest BCUT2D eigenvalue weighted by Crippen LogP contribution is 2.21. The molecule has 2 N–H and O–H groups in total. The maximum atomic E-state index is 12.5. The van der Waals surface area contributed by atoms with Gasteiger partial charge in [0.2, 0.25) is 5.91 Å². The summed E-state index contributed by atoms with van der Waals surface area (Å²) in [4.78, 5) is 24.7. The van der Waals surface area contributed by atoms with Crippen LogP contribution in [-0.2, 0) is 24.2 Å². The van der Waals surface area contributed by atoms with Gasteiger partial charge in [-0.2, -0.15) is 0 Å². The van der Waals surface area contributed by atoms with Crippen LogP contribution in [0.5, 0.6) is 0 Å². The van der Waals surface area contributed by atoms with E-state index in [9.17, 15) is 18.0 Å². The van der Waals surface area contributed by atoms with Gasteiger partial charge in [0.1, 0.15) is 6.54 Å². The van der Waals surface area contributed by atoms with Crippen molar-refractivity contribution in [2.24, 2.45) is 0 Å². The van der Waals surface area contributed by atoms with Crippen molar-refractivity contribution in [1.82, 2.24) is 10.2 Å². The molecule has 2 saturated heterocycles. The molecule has 8 nitrogen and oxygen atoms in total. The Morgan fingerprint density at radius 2 is 2.14 bits per heavy atom. The minimum Gasteiger partial charge on any atom is -0.480 e. The van der Waals surface area contributed by atoms with Crippen molar-refractivity contribution in [3.05, 3.63) is 0 Å². The van der Waals surface area contributed by atoms with E-state index in [1.54, 1.807) is 7.11 Å². The predicted octanol–water partition coefficient (Wildman–Crippen LogP) is -1.54. The van der Waals surface area contributed by atoms with Gasteiger partial charge in [0.05, 0.1) is 23.7 Å². The average molecular weight is 320 g/mol. The molecule has 0 aromatic heterocycles. The Labute approximate surface area is 123 Å². The summed E-state index contributed by atoms with van der Waals surface area (Å²) in [5.41, 5.74) is 0. The van der Waals surface area contributed by atoms with Gasteiger partial charge in [0.15, 0.2) is 9.84 Å². The molecule has 2 fully saturated rings. The van der Waals surface area contributed by atoms with Crippen LogP contribution in [0.15, 0.2) is 0 Å². The lowest BCUT2D eigenvalue weighted by Crippen LogP contribution is -2.50. The summed E-state index contributed by atoms with van der Waals surface area (Å²) in [6, 6.07) is -1.07. The molecule has 2 heterocycles. The molecular formula is C12H20N2O6S. The Bertz CT molecular complexity index is 520. The largest absolute Gasteiger partial charge is 0.480 e. The number of hydrogen-bond acceptors (Lipinski definition) is 6. The smallest absolute Gasteiger partial charge is 0.323 e. The summed E-state index contributed by atoms with van der Waals surface area (Å²) < 4.78 is 28.3. The summed E-state index contributed by atoms with van der Waals surface area (Å²) in [6.07, 6.45) is 0.671. The minimum absolute atomic E-state index is 0.000142. The van der Waals surface area contributed by atoms with Gasteiger partial charge in [0.25, 0.3) is 0 Å². The molecule has 0 bridgehead atoms. The van der Waals surface area contributed by atoms with Gasteiger partial charge in [-0.1, -0.05) is 0 Å². The number of carbonyl (C=O) groups excluding carboxylic acids is 1. The second-order valence-corrected chi connectivity index (χ2v) is 7.70. The zero-order valence-corrected chi connectivity index (χ0v) is 12.6. The van der Waals surface area contributed by atoms with Crippen molar-refractivity contribution in [3.63, 3.8) is 0 Å². The molecule has 3 unspecified atom stereocenters. The van der Waals surface area contributed by atoms with Gasteiger partial charge >= 0.3 is 5.97 Å². The van der Waals surface area contributed by atoms with E-state index in [1.165, 1.54) is 4.90 Å². The number of carbonyl (C=O) groups is 2. The van der Waals surface area contributed by atoms with Crippen molar-refractivity contribution in [2.45, 2.75) is 31.0 Å². The first-order chi connectivity index (χ1) is 9.82. The van der Waals surface area contributed by atoms with E-state index in [-0.39, 0.29) is 23.5 Å². The third-order valence-corrected chi connectivity index (χ3v) is 5.71. The number of carboxylic acid groups (broad SMARTS) is 1. The summed E-state index contributed by atoms with van der Waals surface area (Å²) in [7, 11) is -1.63. The van der Waals surface area contributed by atoms with Crippen LogP contribution in [0, 0.1) is 0 Å². The number of nitrogens with zero attached hydrogens (tertiary/aromatic N) is 1. The SMILES string of the molecule is COC1CNC(C(=O)N(CC(=O)O)C2CCS(=O)(=O)C2)C1. The van der Waals surface area contributed by atoms with Crippen LogP contribution >= 0.6 is 0 Å². The Hall–Kier alpha value is -1.19. The highest BCUT2D eigenvalue weighted by atomic mass is 32.2. The first kappa shape index (κ1) is 16.2. The van der Waals surface area contributed by atoms with E-state index in [4.69, 9.17) is 9.84 Å². The fourth-order valence-corrected chi connectivity index (χ4v) is 4.56. The molecule has 0 saturated carbocycles. The summed E-state index contributed by atoms with van der Waals surface area (Å²) in [5.74, 6) is -1.67. The Balaban J connectivity index is 2.09. The maximum Gasteiger partial charge on any atom is 0.323 e. The van der Waals surface area contributed by atoms with E-state index in [2.05, 4.69) is 5.32 Å². The lowest BCUT2D eigenvalue weighted by molar-refractivity contribution is -0.146. The molecule has 2 aliphatic heterocycles. The second kappa shape index (κ2) is 6.29. The number of aliphatic carboxylic acids is 1. The van der Waals surface area contributed by atoms with Crippen LogP contribution in [0.3, 0.4) is 0 Å². The molecule has 0 aliphatic carbocycles. The van der Waals surface area contributed by atoms with Crippen molar-refractivity contribution < 1.29 is 27.9 Å². The number of methoxy groups -OCH3 is 1. The van der Waals surface area contributed by atoms with E-state index in [0.717, 1.165) is 0 Å². The number of ether oxygens (including phenoxy) is 1. The number of rotatable bonds is 5. The Kier molecular flexibility index (Phi) is 4.84. The summed E-state index contributed by atoms with van der Waals surface area (Å²) in [5, 5.41) is 12.0. The highest BCUT2D eigenvalue weighted by molar-refractivity contribution is 7.91. The van der Waals surface area contributed by atoms with Gasteiger partial charge < -0.3 is 20.1 Å². The zero-order chi connectivity index (χ0) is 15.6. The van der Waals surface area contributed by atoms with Crippen LogP contribution in [0.1, 0.15) is 12.8 Å². The average Bonchev–Trinajstić information content (AvgIpc) is 3.01. The first-order valence-corrected chi connectivity index (χ1v) is 8.63. The van der Waals surface area contributed by atoms with E-state index in [0.29, 0.717) is 19.4 Å². The van der Waals surface area contributed by atoms with Gasteiger partial charge in [-0.05, 0) is 12.8 Å². The number of hydrogen-bond donors (Lipinski definition) is 2. The number of carboxylic acids is 1. The molecule has 9 heteroatoms. The van der Waals surface area contributed by atoms with Gasteiger partial charge in [-0.3, -0.25) is 9.59 Å². The van der Waals surface area contributed by atoms with E-state index >= 15 is 0 Å². The standard InChI is InChI=1S/C12H20N2O6S/c1-20-9-4-10(13-5-9)12(17)14(6-11(15)16)8-2-3-21(18,19)7-8/h8-10,13H,2-7H2,1H3,(H,15,16). The molecule has 0 aromatic rings. The molecule has 0 aromatic carbocycles. The molecule has 21 heavy (non-hydrogen) atoms. The highest BCUT2D eigenvalue weighted by Gasteiger charge is 2.40. The van der Waals surface area contributed by atoms with E-state index in [1.807, 2.05) is 0 Å². The van der Waals surface area contributed by atoms with Crippen LogP contribution in [-0.4, -0.2) is 80.2 Å². The lowest BCUT2D eigenvalue weighted by atomic mass is 10.1. The third-order valence-electron chi connectivity index (χ3n) is 3.96. The molecule has 120 valence electrons. The Morgan fingerprint density at radius 3 is 2.62 bits per heavy atom. The minimum atomic E-state index is -3.18. The normalized spacial score (nSPS) is 31.2. The van der Waals surface area contributed by atoms with Gasteiger partial charge in [-0.25, -0.2) is 8.42 Å². The number of nitrogens with one attached hydrogen (secondary N) is 1. The Morgan fingerprint density at radius 1 is 1.43 bits per heavy atom. The lowest BCUT2D eigenvalue weighted by Gasteiger charge is -2.29. The molecule has 0 radical (unpaired) electrons. The van der Waals surface area contributed by atoms with Crippen LogP contribution in [0.25, 0.3) is 0 Å². The second-order valence-electron chi connectivity index (χ2n) is 5.47. The fourth-order valence-electron chi connectivity index (χ4n) is 2.82. The molecular weight excluding hydrogens is 300 g/mol. The van der Waals surface area contributed by atoms with Gasteiger partial charge in [-0.15, -0.1) is 0 Å². The maximum absolute atomic E-state index is 12.5. The number of sulfone groups is 1.